The van der Waals surface area contributed by atoms with Gasteiger partial charge in [0.15, 0.2) is 0 Å². The Morgan fingerprint density at radius 1 is 1.12 bits per heavy atom. The highest BCUT2D eigenvalue weighted by Crippen LogP contribution is 2.40. The molecule has 0 saturated carbocycles. The van der Waals surface area contributed by atoms with Gasteiger partial charge in [-0.05, 0) is 48.7 Å². The zero-order valence-electron chi connectivity index (χ0n) is 19.1. The predicted octanol–water partition coefficient (Wildman–Crippen LogP) is 4.38. The third-order valence-corrected chi connectivity index (χ3v) is 6.11. The summed E-state index contributed by atoms with van der Waals surface area (Å²) in [5, 5.41) is 3.56. The first-order valence-corrected chi connectivity index (χ1v) is 11.3. The molecule has 2 amide bonds. The SMILES string of the molecule is COc1ccc(OC)c([C@@H]2CN(C(=O)c3cccc(Cl)c3)C[C@@H]2C(=O)NCCC(C)C)c1. The van der Waals surface area contributed by atoms with Crippen LogP contribution in [0.15, 0.2) is 42.5 Å². The fraction of sp³-hybridized carbons (Fsp3) is 0.440. The van der Waals surface area contributed by atoms with E-state index in [1.54, 1.807) is 43.4 Å². The molecular formula is C25H31ClN2O4. The Balaban J connectivity index is 1.91. The summed E-state index contributed by atoms with van der Waals surface area (Å²) in [5.41, 5.74) is 1.37. The summed E-state index contributed by atoms with van der Waals surface area (Å²) in [6, 6.07) is 12.4. The molecular weight excluding hydrogens is 428 g/mol. The molecule has 7 heteroatoms. The number of halogens is 1. The van der Waals surface area contributed by atoms with Gasteiger partial charge in [-0.3, -0.25) is 9.59 Å². The Hall–Kier alpha value is -2.73. The molecule has 0 aromatic heterocycles. The number of nitrogens with one attached hydrogen (secondary N) is 1. The first kappa shape index (κ1) is 23.9. The van der Waals surface area contributed by atoms with E-state index in [4.69, 9.17) is 21.1 Å². The molecule has 1 saturated heterocycles. The molecule has 1 aliphatic heterocycles. The van der Waals surface area contributed by atoms with Gasteiger partial charge >= 0.3 is 0 Å². The fourth-order valence-corrected chi connectivity index (χ4v) is 4.29. The van der Waals surface area contributed by atoms with Crippen molar-refractivity contribution in [1.82, 2.24) is 10.2 Å². The summed E-state index contributed by atoms with van der Waals surface area (Å²) in [6.07, 6.45) is 0.900. The monoisotopic (exact) mass is 458 g/mol. The van der Waals surface area contributed by atoms with Crippen LogP contribution >= 0.6 is 11.6 Å². The second-order valence-corrected chi connectivity index (χ2v) is 8.95. The average Bonchev–Trinajstić information content (AvgIpc) is 3.23. The summed E-state index contributed by atoms with van der Waals surface area (Å²) in [5.74, 6) is 1.04. The van der Waals surface area contributed by atoms with Crippen molar-refractivity contribution >= 4 is 23.4 Å². The standard InChI is InChI=1S/C25H31ClN2O4/c1-16(2)10-11-27-24(29)22-15-28(25(30)17-6-5-7-18(26)12-17)14-21(22)20-13-19(31-3)8-9-23(20)32-4/h5-9,12-13,16,21-22H,10-11,14-15H2,1-4H3,(H,27,29)/t21-,22-/m0/s1. The van der Waals surface area contributed by atoms with E-state index in [0.717, 1.165) is 12.0 Å². The van der Waals surface area contributed by atoms with Crippen LogP contribution in [0.2, 0.25) is 5.02 Å². The van der Waals surface area contributed by atoms with Crippen LogP contribution < -0.4 is 14.8 Å². The molecule has 0 radical (unpaired) electrons. The number of rotatable bonds is 8. The molecule has 32 heavy (non-hydrogen) atoms. The molecule has 1 N–H and O–H groups in total. The Morgan fingerprint density at radius 2 is 1.91 bits per heavy atom. The van der Waals surface area contributed by atoms with Crippen molar-refractivity contribution < 1.29 is 19.1 Å². The summed E-state index contributed by atoms with van der Waals surface area (Å²) in [7, 11) is 3.21. The van der Waals surface area contributed by atoms with Gasteiger partial charge in [-0.2, -0.15) is 0 Å². The molecule has 0 aliphatic carbocycles. The number of hydrogen-bond donors (Lipinski definition) is 1. The van der Waals surface area contributed by atoms with Crippen molar-refractivity contribution in [3.05, 3.63) is 58.6 Å². The van der Waals surface area contributed by atoms with E-state index < -0.39 is 5.92 Å². The Kier molecular flexibility index (Phi) is 8.02. The van der Waals surface area contributed by atoms with Gasteiger partial charge in [0.25, 0.3) is 5.91 Å². The number of likely N-dealkylation sites (tertiary alicyclic amines) is 1. The topological polar surface area (TPSA) is 67.9 Å². The molecule has 172 valence electrons. The smallest absolute Gasteiger partial charge is 0.253 e. The maximum atomic E-state index is 13.2. The van der Waals surface area contributed by atoms with E-state index in [2.05, 4.69) is 19.2 Å². The number of methoxy groups -OCH3 is 2. The van der Waals surface area contributed by atoms with Crippen LogP contribution in [0.4, 0.5) is 0 Å². The second kappa shape index (κ2) is 10.7. The number of carbonyl (C=O) groups is 2. The van der Waals surface area contributed by atoms with E-state index in [1.165, 1.54) is 0 Å². The highest BCUT2D eigenvalue weighted by Gasteiger charge is 2.41. The molecule has 6 nitrogen and oxygen atoms in total. The number of ether oxygens (including phenoxy) is 2. The van der Waals surface area contributed by atoms with Crippen LogP contribution in [0.25, 0.3) is 0 Å². The van der Waals surface area contributed by atoms with Gasteiger partial charge in [0.2, 0.25) is 5.91 Å². The first-order chi connectivity index (χ1) is 15.3. The lowest BCUT2D eigenvalue weighted by molar-refractivity contribution is -0.124. The quantitative estimate of drug-likeness (QED) is 0.637. The molecule has 3 rings (SSSR count). The largest absolute Gasteiger partial charge is 0.497 e. The maximum absolute atomic E-state index is 13.2. The zero-order valence-corrected chi connectivity index (χ0v) is 19.8. The molecule has 2 atom stereocenters. The van der Waals surface area contributed by atoms with E-state index in [1.807, 2.05) is 18.2 Å². The third-order valence-electron chi connectivity index (χ3n) is 5.87. The molecule has 2 aromatic carbocycles. The van der Waals surface area contributed by atoms with Gasteiger partial charge in [0.1, 0.15) is 11.5 Å². The van der Waals surface area contributed by atoms with Crippen molar-refractivity contribution in [2.45, 2.75) is 26.2 Å². The number of benzene rings is 2. The summed E-state index contributed by atoms with van der Waals surface area (Å²) in [4.78, 5) is 28.1. The minimum Gasteiger partial charge on any atom is -0.497 e. The Morgan fingerprint density at radius 3 is 2.56 bits per heavy atom. The minimum atomic E-state index is -0.397. The molecule has 2 aromatic rings. The minimum absolute atomic E-state index is 0.0538. The van der Waals surface area contributed by atoms with Gasteiger partial charge in [0.05, 0.1) is 20.1 Å². The lowest BCUT2D eigenvalue weighted by atomic mass is 9.87. The van der Waals surface area contributed by atoms with Crippen molar-refractivity contribution in [2.24, 2.45) is 11.8 Å². The van der Waals surface area contributed by atoms with Crippen LogP contribution in [0.1, 0.15) is 42.1 Å². The molecule has 0 unspecified atom stereocenters. The van der Waals surface area contributed by atoms with Gasteiger partial charge in [-0.25, -0.2) is 0 Å². The van der Waals surface area contributed by atoms with Gasteiger partial charge in [-0.15, -0.1) is 0 Å². The maximum Gasteiger partial charge on any atom is 0.253 e. The highest BCUT2D eigenvalue weighted by molar-refractivity contribution is 6.30. The van der Waals surface area contributed by atoms with E-state index in [9.17, 15) is 9.59 Å². The molecule has 0 spiro atoms. The van der Waals surface area contributed by atoms with Crippen LogP contribution in [0, 0.1) is 11.8 Å². The van der Waals surface area contributed by atoms with Crippen LogP contribution in [0.3, 0.4) is 0 Å². The number of hydrogen-bond acceptors (Lipinski definition) is 4. The molecule has 1 heterocycles. The lowest BCUT2D eigenvalue weighted by Gasteiger charge is -2.21. The van der Waals surface area contributed by atoms with Gasteiger partial charge < -0.3 is 19.7 Å². The highest BCUT2D eigenvalue weighted by atomic mass is 35.5. The van der Waals surface area contributed by atoms with Crippen molar-refractivity contribution in [3.63, 3.8) is 0 Å². The van der Waals surface area contributed by atoms with E-state index in [0.29, 0.717) is 47.6 Å². The van der Waals surface area contributed by atoms with E-state index in [-0.39, 0.29) is 17.7 Å². The summed E-state index contributed by atoms with van der Waals surface area (Å²) in [6.45, 7) is 5.58. The molecule has 1 fully saturated rings. The van der Waals surface area contributed by atoms with Gasteiger partial charge in [-0.1, -0.05) is 31.5 Å². The lowest BCUT2D eigenvalue weighted by Crippen LogP contribution is -2.36. The Labute approximate surface area is 194 Å². The van der Waals surface area contributed by atoms with Gasteiger partial charge in [0, 0.05) is 41.7 Å². The Bertz CT molecular complexity index is 963. The predicted molar refractivity (Wildman–Crippen MR) is 126 cm³/mol. The van der Waals surface area contributed by atoms with Crippen molar-refractivity contribution in [1.29, 1.82) is 0 Å². The molecule has 1 aliphatic rings. The fourth-order valence-electron chi connectivity index (χ4n) is 4.10. The number of nitrogens with zero attached hydrogens (tertiary/aromatic N) is 1. The van der Waals surface area contributed by atoms with Crippen LogP contribution in [-0.4, -0.2) is 50.6 Å². The van der Waals surface area contributed by atoms with E-state index >= 15 is 0 Å². The van der Waals surface area contributed by atoms with Crippen LogP contribution in [-0.2, 0) is 4.79 Å². The third kappa shape index (κ3) is 5.54. The number of amides is 2. The zero-order chi connectivity index (χ0) is 23.3. The summed E-state index contributed by atoms with van der Waals surface area (Å²) >= 11 is 6.09. The first-order valence-electron chi connectivity index (χ1n) is 10.9. The average molecular weight is 459 g/mol. The second-order valence-electron chi connectivity index (χ2n) is 8.51. The van der Waals surface area contributed by atoms with Crippen molar-refractivity contribution in [2.75, 3.05) is 33.9 Å². The summed E-state index contributed by atoms with van der Waals surface area (Å²) < 4.78 is 11.0. The van der Waals surface area contributed by atoms with Crippen molar-refractivity contribution in [3.8, 4) is 11.5 Å². The normalized spacial score (nSPS) is 18.0. The van der Waals surface area contributed by atoms with Crippen LogP contribution in [0.5, 0.6) is 11.5 Å². The number of carbonyl (C=O) groups excluding carboxylic acids is 2. The molecule has 0 bridgehead atoms.